The minimum absolute atomic E-state index is 0.00980. The van der Waals surface area contributed by atoms with Crippen molar-refractivity contribution in [1.29, 1.82) is 0 Å². The Morgan fingerprint density at radius 2 is 1.48 bits per heavy atom. The van der Waals surface area contributed by atoms with Crippen molar-refractivity contribution < 1.29 is 89.1 Å². The summed E-state index contributed by atoms with van der Waals surface area (Å²) in [7, 11) is 7.29. The zero-order valence-electron chi connectivity index (χ0n) is 64.8. The molecule has 32 heteroatoms. The van der Waals surface area contributed by atoms with Gasteiger partial charge < -0.3 is 79.9 Å². The lowest BCUT2D eigenvalue weighted by Crippen LogP contribution is -2.57. The number of aromatic nitrogens is 4. The number of para-hydroxylation sites is 2. The zero-order chi connectivity index (χ0) is 82.4. The normalized spacial score (nSPS) is 13.6. The number of piperazine rings is 1. The van der Waals surface area contributed by atoms with E-state index in [1.54, 1.807) is 85.4 Å². The summed E-state index contributed by atoms with van der Waals surface area (Å²) in [4.78, 5) is 98.0. The number of likely N-dealkylation sites (N-methyl/N-ethyl adjacent to an activating group) is 1. The van der Waals surface area contributed by atoms with Crippen molar-refractivity contribution in [2.75, 3.05) is 79.5 Å². The Morgan fingerprint density at radius 1 is 0.781 bits per heavy atom. The molecule has 1 aliphatic rings. The maximum absolute atomic E-state index is 14.7. The molecule has 1 saturated heterocycles. The van der Waals surface area contributed by atoms with Crippen LogP contribution in [0.2, 0.25) is 5.02 Å². The summed E-state index contributed by atoms with van der Waals surface area (Å²) < 4.78 is 89.4. The maximum atomic E-state index is 14.7. The number of methoxy groups -OCH3 is 2. The highest BCUT2D eigenvalue weighted by Gasteiger charge is 2.35. The number of nitrogens with one attached hydrogen (secondary N) is 5. The van der Waals surface area contributed by atoms with Gasteiger partial charge in [-0.15, -0.1) is 11.3 Å². The highest BCUT2D eigenvalue weighted by atomic mass is 35.5. The molecule has 606 valence electrons. The van der Waals surface area contributed by atoms with E-state index < -0.39 is 71.7 Å². The van der Waals surface area contributed by atoms with Crippen LogP contribution in [0.5, 0.6) is 28.9 Å². The van der Waals surface area contributed by atoms with Crippen LogP contribution >= 0.6 is 22.9 Å². The highest BCUT2D eigenvalue weighted by molar-refractivity contribution is 7.22. The number of alkyl carbamates (subject to hydrolysis) is 1. The number of amides is 5. The zero-order valence-corrected chi connectivity index (χ0v) is 66.4. The number of hydrogen-bond acceptors (Lipinski definition) is 21. The van der Waals surface area contributed by atoms with Crippen LogP contribution in [0.1, 0.15) is 81.0 Å². The molecule has 3 atom stereocenters. The van der Waals surface area contributed by atoms with Crippen molar-refractivity contribution in [2.45, 2.75) is 117 Å². The minimum atomic E-state index is -5.19. The van der Waals surface area contributed by atoms with E-state index in [0.29, 0.717) is 109 Å². The summed E-state index contributed by atoms with van der Waals surface area (Å²) in [5.74, 6) is -2.63. The van der Waals surface area contributed by atoms with E-state index in [2.05, 4.69) is 43.5 Å². The quantitative estimate of drug-likeness (QED) is 0.00963. The number of hydrogen-bond donors (Lipinski definition) is 6. The van der Waals surface area contributed by atoms with E-state index in [9.17, 15) is 41.5 Å². The topological polar surface area (TPSA) is 331 Å². The monoisotopic (exact) mass is 1610 g/mol. The lowest BCUT2D eigenvalue weighted by molar-refractivity contribution is -0.926. The number of carboxylic acids is 1. The van der Waals surface area contributed by atoms with Crippen LogP contribution in [0.3, 0.4) is 0 Å². The van der Waals surface area contributed by atoms with Crippen molar-refractivity contribution in [3.8, 4) is 61.8 Å². The molecular weight excluding hydrogens is 1520 g/mol. The molecule has 0 bridgehead atoms. The van der Waals surface area contributed by atoms with Crippen LogP contribution in [0, 0.1) is 18.7 Å². The molecule has 1 fully saturated rings. The number of fused-ring (bicyclic) bond motifs is 1. The summed E-state index contributed by atoms with van der Waals surface area (Å²) in [6.07, 6.45) is -3.71. The van der Waals surface area contributed by atoms with Crippen molar-refractivity contribution in [3.05, 3.63) is 190 Å². The smallest absolute Gasteiger partial charge is 0.430 e. The number of thiophene rings is 1. The van der Waals surface area contributed by atoms with E-state index >= 15 is 0 Å². The predicted molar refractivity (Wildman–Crippen MR) is 421 cm³/mol. The Hall–Kier alpha value is -11.3. The molecule has 0 radical (unpaired) electrons. The number of halogens is 5. The molecule has 4 heterocycles. The van der Waals surface area contributed by atoms with Gasteiger partial charge in [-0.25, -0.2) is 38.7 Å². The molecule has 26 nitrogen and oxygen atoms in total. The van der Waals surface area contributed by atoms with Gasteiger partial charge >= 0.3 is 24.3 Å². The van der Waals surface area contributed by atoms with E-state index in [1.165, 1.54) is 29.8 Å². The fourth-order valence-electron chi connectivity index (χ4n) is 12.5. The lowest BCUT2D eigenvalue weighted by atomic mass is 9.96. The number of primary amides is 1. The largest absolute Gasteiger partial charge is 0.542 e. The number of urea groups is 1. The number of rotatable bonds is 33. The predicted octanol–water partition coefficient (Wildman–Crippen LogP) is 11.7. The summed E-state index contributed by atoms with van der Waals surface area (Å²) in [5, 5.41) is 24.0. The Kier molecular flexibility index (Phi) is 30.4. The number of aliphatic carboxylic acids is 1. The average Bonchev–Trinajstić information content (AvgIpc) is 1.23. The van der Waals surface area contributed by atoms with Crippen LogP contribution in [0.15, 0.2) is 146 Å². The van der Waals surface area contributed by atoms with E-state index in [-0.39, 0.29) is 44.4 Å². The number of benzene rings is 6. The van der Waals surface area contributed by atoms with E-state index in [4.69, 9.17) is 75.3 Å². The molecule has 0 unspecified atom stereocenters. The van der Waals surface area contributed by atoms with Crippen molar-refractivity contribution in [1.82, 2.24) is 46.1 Å². The van der Waals surface area contributed by atoms with Gasteiger partial charge in [0, 0.05) is 67.0 Å². The number of quaternary nitrogens is 1. The fraction of sp³-hybridized carbons (Fsp3) is 0.366. The molecule has 114 heavy (non-hydrogen) atoms. The molecule has 0 spiro atoms. The van der Waals surface area contributed by atoms with E-state index in [1.807, 2.05) is 105 Å². The molecule has 10 rings (SSSR count). The van der Waals surface area contributed by atoms with Gasteiger partial charge in [-0.2, -0.15) is 13.2 Å². The molecule has 6 aromatic carbocycles. The number of ether oxygens (including phenoxy) is 7. The SMILES string of the molecule is CNCc1cc(NC(=O)[C@H](CCCNC(N)=O)NC(=O)[C@@H](NC(=O)OC(C)(C)C)C(C)C)ccc1C[N+]1(C)CCN(CCOc2ccc(-c3c(-c4ccc(F)cc4)sc4ncnc(O[C@H](Cc5ccccc5OCc5ccnc(-c6ccccc6OC)n5)C(=O)OCc5ccc(OC)cc5)c34)c(C)c2Cl)CC1.O=C([O-])C(F)(F)F. The van der Waals surface area contributed by atoms with Gasteiger partial charge in [0.05, 0.1) is 56.0 Å². The third kappa shape index (κ3) is 24.4. The second-order valence-electron chi connectivity index (χ2n) is 28.5. The standard InChI is InChI=1S/C80H92ClFN12O12S.C2HF3O2/c1-49(2)70(92-79(99)106-80(4,5)6)74(96)91-62(18-15-34-86-78(83)98)73(95)90-57-28-25-54(55(42-57)44-84-7)45-94(8)39-36-93(37-40-94)38-41-102-65-32-31-60(50(3)69(65)81)67-68-75(87-48-88-76(68)107-71(67)52-23-26-56(82)27-24-52)105-66(77(97)104-46-51-21-29-59(100-9)30-22-51)43-53-16-11-13-19-63(53)103-47-58-33-35-85-72(89-58)61-17-12-14-20-64(61)101-10;3-2(4,5)1(6)7/h11-14,16-17,19-33,35,42,48-49,62,66,70,84H,15,18,34,36-41,43-47H2,1-10H3,(H5-,83,86,90,91,92,95,96,98,99);(H,6,7)/t62-,66+,70-;/m0./s1. The first-order chi connectivity index (χ1) is 54.3. The van der Waals surface area contributed by atoms with Crippen LogP contribution in [-0.2, 0) is 61.4 Å². The molecule has 0 saturated carbocycles. The Balaban J connectivity index is 0.00000203. The first-order valence-corrected chi connectivity index (χ1v) is 37.8. The second kappa shape index (κ2) is 40.0. The summed E-state index contributed by atoms with van der Waals surface area (Å²) >= 11 is 8.74. The van der Waals surface area contributed by atoms with Gasteiger partial charge in [0.2, 0.25) is 23.8 Å². The van der Waals surface area contributed by atoms with Gasteiger partial charge in [0.25, 0.3) is 0 Å². The summed E-state index contributed by atoms with van der Waals surface area (Å²) in [6.45, 7) is 16.4. The summed E-state index contributed by atoms with van der Waals surface area (Å²) in [5.41, 5.74) is 12.6. The second-order valence-corrected chi connectivity index (χ2v) is 29.9. The van der Waals surface area contributed by atoms with Gasteiger partial charge in [-0.05, 0) is 154 Å². The Bertz CT molecular complexity index is 4810. The molecule has 0 aliphatic carbocycles. The lowest BCUT2D eigenvalue weighted by Gasteiger charge is -2.42. The van der Waals surface area contributed by atoms with Crippen molar-refractivity contribution in [2.24, 2.45) is 11.7 Å². The molecule has 1 aliphatic heterocycles. The number of carbonyl (C=O) groups is 6. The van der Waals surface area contributed by atoms with Crippen molar-refractivity contribution >= 4 is 74.7 Å². The minimum Gasteiger partial charge on any atom is -0.542 e. The maximum Gasteiger partial charge on any atom is 0.430 e. The number of nitrogens with two attached hydrogens (primary N) is 1. The number of nitrogens with zero attached hydrogens (tertiary/aromatic N) is 6. The molecule has 9 aromatic rings. The molecule has 3 aromatic heterocycles. The highest BCUT2D eigenvalue weighted by Crippen LogP contribution is 2.50. The molecule has 5 amide bonds. The van der Waals surface area contributed by atoms with Crippen LogP contribution in [-0.4, -0.2) is 169 Å². The average molecular weight is 1610 g/mol. The first-order valence-electron chi connectivity index (χ1n) is 36.7. The fourth-order valence-corrected chi connectivity index (χ4v) is 13.9. The summed E-state index contributed by atoms with van der Waals surface area (Å²) in [6, 6.07) is 36.9. The van der Waals surface area contributed by atoms with Gasteiger partial charge in [-0.1, -0.05) is 92.2 Å². The number of anilines is 1. The number of carbonyl (C=O) groups excluding carboxylic acids is 6. The van der Waals surface area contributed by atoms with Gasteiger partial charge in [0.1, 0.15) is 90.0 Å². The van der Waals surface area contributed by atoms with E-state index in [0.717, 1.165) is 64.3 Å². The van der Waals surface area contributed by atoms with Crippen LogP contribution in [0.25, 0.3) is 43.2 Å². The molecule has 7 N–H and O–H groups in total. The first kappa shape index (κ1) is 86.7. The van der Waals surface area contributed by atoms with Gasteiger partial charge in [-0.3, -0.25) is 14.5 Å². The Morgan fingerprint density at radius 3 is 2.15 bits per heavy atom. The number of alkyl halides is 3. The number of esters is 1. The third-order valence-electron chi connectivity index (χ3n) is 18.5. The Labute approximate surface area is 667 Å². The molecular formula is C82H93ClF4N12O14S. The number of carboxylic acid groups (broad SMARTS) is 1. The van der Waals surface area contributed by atoms with Crippen LogP contribution < -0.4 is 61.1 Å². The third-order valence-corrected chi connectivity index (χ3v) is 20.1. The van der Waals surface area contributed by atoms with Crippen molar-refractivity contribution in [3.63, 3.8) is 0 Å². The van der Waals surface area contributed by atoms with Gasteiger partial charge in [0.15, 0.2) is 5.82 Å². The van der Waals surface area contributed by atoms with Crippen LogP contribution in [0.4, 0.5) is 32.8 Å².